The lowest BCUT2D eigenvalue weighted by atomic mass is 10.1. The Hall–Kier alpha value is -4.70. The third-order valence-corrected chi connectivity index (χ3v) is 10.4. The summed E-state index contributed by atoms with van der Waals surface area (Å²) in [5, 5.41) is 1.03. The zero-order chi connectivity index (χ0) is 30.6. The standard InChI is InChI=1S/C35H34N6O4/c1-39-32-25(11-22(14-30(32)44-2)35(43)41-16-21-7-10-26(41)31(21)36)38-34(39)27-12-20-6-9-24(37-33(20)40(27)15-18-3-4-18)19-5-8-23-28(42)17-45-29(23)13-19/h5-6,8-9,11-14,18,21,26,31H,3-4,7,10,15-17,36H2,1-2H3/t21?,26?,31-/m1/s1. The van der Waals surface area contributed by atoms with Crippen LogP contribution in [0.2, 0.25) is 0 Å². The van der Waals surface area contributed by atoms with Crippen molar-refractivity contribution in [3.8, 4) is 34.3 Å². The molecule has 2 unspecified atom stereocenters. The molecule has 45 heavy (non-hydrogen) atoms. The summed E-state index contributed by atoms with van der Waals surface area (Å²) in [7, 11) is 3.63. The first-order valence-corrected chi connectivity index (χ1v) is 15.8. The quantitative estimate of drug-likeness (QED) is 0.296. The van der Waals surface area contributed by atoms with Crippen molar-refractivity contribution in [1.82, 2.24) is 24.0 Å². The van der Waals surface area contributed by atoms with Gasteiger partial charge in [-0.25, -0.2) is 9.97 Å². The number of ether oxygens (including phenoxy) is 2. The summed E-state index contributed by atoms with van der Waals surface area (Å²) in [6, 6.07) is 15.8. The number of carbonyl (C=O) groups excluding carboxylic acids is 2. The first-order valence-electron chi connectivity index (χ1n) is 15.8. The highest BCUT2D eigenvalue weighted by Crippen LogP contribution is 2.40. The van der Waals surface area contributed by atoms with Gasteiger partial charge in [0.15, 0.2) is 12.4 Å². The van der Waals surface area contributed by atoms with Gasteiger partial charge < -0.3 is 29.2 Å². The van der Waals surface area contributed by atoms with Crippen LogP contribution in [0.5, 0.6) is 11.5 Å². The predicted octanol–water partition coefficient (Wildman–Crippen LogP) is 4.81. The van der Waals surface area contributed by atoms with Crippen LogP contribution >= 0.6 is 0 Å². The highest BCUT2D eigenvalue weighted by atomic mass is 16.5. The van der Waals surface area contributed by atoms with Gasteiger partial charge in [0.25, 0.3) is 5.91 Å². The Bertz CT molecular complexity index is 2070. The Morgan fingerprint density at radius 1 is 1.07 bits per heavy atom. The summed E-state index contributed by atoms with van der Waals surface area (Å²) < 4.78 is 15.8. The molecule has 9 rings (SSSR count). The molecule has 2 aliphatic carbocycles. The van der Waals surface area contributed by atoms with Crippen molar-refractivity contribution in [2.45, 2.75) is 44.3 Å². The number of aromatic nitrogens is 4. The number of carbonyl (C=O) groups is 2. The lowest BCUT2D eigenvalue weighted by molar-refractivity contribution is 0.0700. The van der Waals surface area contributed by atoms with Crippen LogP contribution in [-0.2, 0) is 13.6 Å². The number of ketones is 1. The lowest BCUT2D eigenvalue weighted by Crippen LogP contribution is -2.41. The first kappa shape index (κ1) is 26.7. The number of pyridine rings is 1. The number of benzene rings is 2. The molecule has 2 aromatic carbocycles. The van der Waals surface area contributed by atoms with Crippen LogP contribution in [0.15, 0.2) is 48.5 Å². The van der Waals surface area contributed by atoms with Crippen molar-refractivity contribution in [3.63, 3.8) is 0 Å². The van der Waals surface area contributed by atoms with Crippen molar-refractivity contribution >= 4 is 33.8 Å². The number of methoxy groups -OCH3 is 1. The topological polar surface area (TPSA) is 118 Å². The van der Waals surface area contributed by atoms with Crippen molar-refractivity contribution < 1.29 is 19.1 Å². The third kappa shape index (κ3) is 4.04. The fourth-order valence-corrected chi connectivity index (χ4v) is 7.74. The highest BCUT2D eigenvalue weighted by Gasteiger charge is 2.47. The van der Waals surface area contributed by atoms with Crippen molar-refractivity contribution in [3.05, 3.63) is 59.7 Å². The van der Waals surface area contributed by atoms with E-state index in [1.165, 1.54) is 12.8 Å². The molecule has 10 nitrogen and oxygen atoms in total. The molecule has 0 spiro atoms. The van der Waals surface area contributed by atoms with Gasteiger partial charge in [-0.15, -0.1) is 0 Å². The number of hydrogen-bond acceptors (Lipinski definition) is 7. The molecule has 228 valence electrons. The van der Waals surface area contributed by atoms with Gasteiger partial charge in [-0.05, 0) is 80.0 Å². The largest absolute Gasteiger partial charge is 0.494 e. The summed E-state index contributed by atoms with van der Waals surface area (Å²) in [6.45, 7) is 1.65. The lowest BCUT2D eigenvalue weighted by Gasteiger charge is -2.27. The smallest absolute Gasteiger partial charge is 0.254 e. The number of piperidine rings is 1. The van der Waals surface area contributed by atoms with E-state index in [1.807, 2.05) is 48.3 Å². The van der Waals surface area contributed by atoms with Crippen LogP contribution in [-0.4, -0.2) is 68.0 Å². The van der Waals surface area contributed by atoms with Crippen LogP contribution in [0, 0.1) is 11.8 Å². The number of amides is 1. The fraction of sp³-hybridized carbons (Fsp3) is 0.371. The van der Waals surface area contributed by atoms with Crippen LogP contribution in [0.25, 0.3) is 44.8 Å². The van der Waals surface area contributed by atoms with Crippen molar-refractivity contribution in [2.24, 2.45) is 24.6 Å². The number of nitrogens with two attached hydrogens (primary N) is 1. The summed E-state index contributed by atoms with van der Waals surface area (Å²) >= 11 is 0. The van der Waals surface area contributed by atoms with Gasteiger partial charge in [-0.2, -0.15) is 0 Å². The molecule has 2 bridgehead atoms. The van der Waals surface area contributed by atoms with Crippen LogP contribution in [0.4, 0.5) is 0 Å². The molecular weight excluding hydrogens is 568 g/mol. The maximum absolute atomic E-state index is 13.7. The Balaban J connectivity index is 1.15. The SMILES string of the molecule is COc1cc(C(=O)N2CC3CCC2[C@@H]3N)cc2nc(-c3cc4ccc(-c5ccc6c(c5)OCC6=O)nc4n3CC3CC3)n(C)c12. The minimum Gasteiger partial charge on any atom is -0.494 e. The molecule has 3 fully saturated rings. The van der Waals surface area contributed by atoms with E-state index in [-0.39, 0.29) is 30.4 Å². The van der Waals surface area contributed by atoms with E-state index in [1.54, 1.807) is 7.11 Å². The molecule has 5 heterocycles. The molecule has 1 saturated heterocycles. The Kier molecular flexibility index (Phi) is 5.72. The minimum absolute atomic E-state index is 0.00531. The van der Waals surface area contributed by atoms with E-state index in [0.29, 0.717) is 46.5 Å². The zero-order valence-corrected chi connectivity index (χ0v) is 25.3. The van der Waals surface area contributed by atoms with E-state index in [0.717, 1.165) is 58.7 Å². The van der Waals surface area contributed by atoms with Gasteiger partial charge in [0.1, 0.15) is 22.7 Å². The number of nitrogens with zero attached hydrogens (tertiary/aromatic N) is 5. The van der Waals surface area contributed by atoms with Gasteiger partial charge >= 0.3 is 0 Å². The van der Waals surface area contributed by atoms with Crippen LogP contribution in [0.3, 0.4) is 0 Å². The molecule has 2 saturated carbocycles. The summed E-state index contributed by atoms with van der Waals surface area (Å²) in [5.74, 6) is 3.00. The van der Waals surface area contributed by atoms with Gasteiger partial charge in [-0.3, -0.25) is 9.59 Å². The highest BCUT2D eigenvalue weighted by molar-refractivity contribution is 6.03. The van der Waals surface area contributed by atoms with Gasteiger partial charge in [0, 0.05) is 48.7 Å². The molecule has 10 heteroatoms. The number of fused-ring (bicyclic) bond motifs is 5. The molecule has 1 amide bonds. The van der Waals surface area contributed by atoms with E-state index < -0.39 is 0 Å². The summed E-state index contributed by atoms with van der Waals surface area (Å²) in [6.07, 6.45) is 4.44. The second kappa shape index (κ2) is 9.65. The van der Waals surface area contributed by atoms with E-state index in [9.17, 15) is 9.59 Å². The number of likely N-dealkylation sites (tertiary alicyclic amines) is 1. The average molecular weight is 603 g/mol. The van der Waals surface area contributed by atoms with Gasteiger partial charge in [-0.1, -0.05) is 6.07 Å². The predicted molar refractivity (Wildman–Crippen MR) is 170 cm³/mol. The summed E-state index contributed by atoms with van der Waals surface area (Å²) in [5.41, 5.74) is 12.8. The van der Waals surface area contributed by atoms with E-state index >= 15 is 0 Å². The maximum atomic E-state index is 13.7. The van der Waals surface area contributed by atoms with Gasteiger partial charge in [0.05, 0.1) is 29.6 Å². The van der Waals surface area contributed by atoms with Crippen LogP contribution in [0.1, 0.15) is 46.4 Å². The molecule has 4 aliphatic rings. The maximum Gasteiger partial charge on any atom is 0.254 e. The number of aryl methyl sites for hydroxylation is 1. The molecular formula is C35H34N6O4. The Morgan fingerprint density at radius 3 is 2.69 bits per heavy atom. The summed E-state index contributed by atoms with van der Waals surface area (Å²) in [4.78, 5) is 38.0. The Labute approximate surface area is 259 Å². The van der Waals surface area contributed by atoms with E-state index in [2.05, 4.69) is 21.3 Å². The van der Waals surface area contributed by atoms with Gasteiger partial charge in [0.2, 0.25) is 5.78 Å². The molecule has 2 aliphatic heterocycles. The average Bonchev–Trinajstić information content (AvgIpc) is 3.26. The van der Waals surface area contributed by atoms with E-state index in [4.69, 9.17) is 25.2 Å². The molecule has 5 aromatic rings. The molecule has 2 N–H and O–H groups in total. The molecule has 3 aromatic heterocycles. The third-order valence-electron chi connectivity index (χ3n) is 10.4. The normalized spacial score (nSPS) is 22.1. The molecule has 3 atom stereocenters. The van der Waals surface area contributed by atoms with Crippen molar-refractivity contribution in [2.75, 3.05) is 20.3 Å². The second-order valence-electron chi connectivity index (χ2n) is 13.1. The van der Waals surface area contributed by atoms with Crippen LogP contribution < -0.4 is 15.2 Å². The molecule has 0 radical (unpaired) electrons. The second-order valence-corrected chi connectivity index (χ2v) is 13.1. The Morgan fingerprint density at radius 2 is 1.93 bits per heavy atom. The minimum atomic E-state index is -0.00838. The number of imidazole rings is 1. The van der Waals surface area contributed by atoms with Crippen molar-refractivity contribution in [1.29, 1.82) is 0 Å². The fourth-order valence-electron chi connectivity index (χ4n) is 7.74. The number of rotatable bonds is 6. The first-order chi connectivity index (χ1) is 21.9. The zero-order valence-electron chi connectivity index (χ0n) is 25.3. The monoisotopic (exact) mass is 602 g/mol. The number of Topliss-reactive ketones (excluding diaryl/α,β-unsaturated/α-hetero) is 1. The number of hydrogen-bond donors (Lipinski definition) is 1.